The van der Waals surface area contributed by atoms with Gasteiger partial charge in [0.25, 0.3) is 5.56 Å². The molecule has 1 amide bonds. The maximum atomic E-state index is 12.1. The molecule has 0 fully saturated rings. The van der Waals surface area contributed by atoms with Crippen LogP contribution in [-0.4, -0.2) is 43.3 Å². The number of nitrogens with one attached hydrogen (secondary N) is 2. The SMILES string of the molecule is Cc1ncn(CC(=O)NCCNc2ccc(-n3cccc3)nn2)c(=O)c1C. The average molecular weight is 367 g/mol. The molecule has 3 aromatic heterocycles. The Bertz CT molecular complexity index is 962. The average Bonchev–Trinajstić information content (AvgIpc) is 3.21. The van der Waals surface area contributed by atoms with E-state index in [4.69, 9.17) is 0 Å². The fourth-order valence-electron chi connectivity index (χ4n) is 2.44. The number of carbonyl (C=O) groups excluding carboxylic acids is 1. The molecule has 3 aromatic rings. The molecule has 0 saturated carbocycles. The minimum absolute atomic E-state index is 0.0572. The molecule has 0 aliphatic heterocycles. The molecule has 3 heterocycles. The van der Waals surface area contributed by atoms with E-state index in [-0.39, 0.29) is 18.0 Å². The van der Waals surface area contributed by atoms with Crippen molar-refractivity contribution in [3.8, 4) is 5.82 Å². The lowest BCUT2D eigenvalue weighted by atomic mass is 10.3. The summed E-state index contributed by atoms with van der Waals surface area (Å²) in [6.45, 7) is 4.29. The molecular formula is C18H21N7O2. The monoisotopic (exact) mass is 367 g/mol. The van der Waals surface area contributed by atoms with Crippen LogP contribution in [0.15, 0.2) is 47.8 Å². The van der Waals surface area contributed by atoms with Crippen LogP contribution in [0.5, 0.6) is 0 Å². The van der Waals surface area contributed by atoms with Gasteiger partial charge >= 0.3 is 0 Å². The molecule has 0 bridgehead atoms. The summed E-state index contributed by atoms with van der Waals surface area (Å²) in [5, 5.41) is 14.1. The van der Waals surface area contributed by atoms with Gasteiger partial charge in [0.05, 0.1) is 6.33 Å². The second kappa shape index (κ2) is 8.26. The van der Waals surface area contributed by atoms with Gasteiger partial charge in [0, 0.05) is 36.7 Å². The van der Waals surface area contributed by atoms with Crippen LogP contribution in [0.2, 0.25) is 0 Å². The number of aromatic nitrogens is 5. The molecule has 0 aliphatic carbocycles. The second-order valence-electron chi connectivity index (χ2n) is 6.03. The first-order valence-corrected chi connectivity index (χ1v) is 8.55. The number of hydrogen-bond donors (Lipinski definition) is 2. The van der Waals surface area contributed by atoms with Gasteiger partial charge in [-0.25, -0.2) is 4.98 Å². The van der Waals surface area contributed by atoms with Gasteiger partial charge in [-0.1, -0.05) is 0 Å². The van der Waals surface area contributed by atoms with Crippen molar-refractivity contribution in [1.82, 2.24) is 29.6 Å². The molecular weight excluding hydrogens is 346 g/mol. The highest BCUT2D eigenvalue weighted by Crippen LogP contribution is 2.06. The van der Waals surface area contributed by atoms with Gasteiger partial charge in [0.1, 0.15) is 12.4 Å². The third-order valence-corrected chi connectivity index (χ3v) is 4.10. The van der Waals surface area contributed by atoms with Crippen LogP contribution in [0.25, 0.3) is 5.82 Å². The molecule has 9 heteroatoms. The van der Waals surface area contributed by atoms with E-state index in [0.717, 1.165) is 5.82 Å². The first-order valence-electron chi connectivity index (χ1n) is 8.55. The molecule has 0 saturated heterocycles. The Labute approximate surface area is 156 Å². The van der Waals surface area contributed by atoms with Crippen LogP contribution in [0.3, 0.4) is 0 Å². The zero-order chi connectivity index (χ0) is 19.2. The van der Waals surface area contributed by atoms with E-state index < -0.39 is 0 Å². The Hall–Kier alpha value is -3.49. The first kappa shape index (κ1) is 18.3. The van der Waals surface area contributed by atoms with Crippen LogP contribution >= 0.6 is 0 Å². The van der Waals surface area contributed by atoms with Crippen LogP contribution in [0.1, 0.15) is 11.3 Å². The zero-order valence-corrected chi connectivity index (χ0v) is 15.2. The lowest BCUT2D eigenvalue weighted by Crippen LogP contribution is -2.35. The van der Waals surface area contributed by atoms with Gasteiger partial charge in [0.15, 0.2) is 5.82 Å². The minimum atomic E-state index is -0.252. The Kier molecular flexibility index (Phi) is 5.60. The van der Waals surface area contributed by atoms with Crippen molar-refractivity contribution in [2.24, 2.45) is 0 Å². The van der Waals surface area contributed by atoms with Crippen LogP contribution in [0.4, 0.5) is 5.82 Å². The maximum Gasteiger partial charge on any atom is 0.256 e. The Morgan fingerprint density at radius 1 is 1.11 bits per heavy atom. The van der Waals surface area contributed by atoms with Crippen molar-refractivity contribution in [3.05, 3.63) is 64.6 Å². The second-order valence-corrected chi connectivity index (χ2v) is 6.03. The van der Waals surface area contributed by atoms with Crippen LogP contribution < -0.4 is 16.2 Å². The summed E-state index contributed by atoms with van der Waals surface area (Å²) in [4.78, 5) is 28.2. The summed E-state index contributed by atoms with van der Waals surface area (Å²) < 4.78 is 3.16. The van der Waals surface area contributed by atoms with Crippen molar-refractivity contribution in [1.29, 1.82) is 0 Å². The van der Waals surface area contributed by atoms with Crippen molar-refractivity contribution in [2.75, 3.05) is 18.4 Å². The van der Waals surface area contributed by atoms with Crippen molar-refractivity contribution >= 4 is 11.7 Å². The van der Waals surface area contributed by atoms with Crippen LogP contribution in [0, 0.1) is 13.8 Å². The normalized spacial score (nSPS) is 10.6. The number of amides is 1. The predicted octanol–water partition coefficient (Wildman–Crippen LogP) is 0.669. The lowest BCUT2D eigenvalue weighted by molar-refractivity contribution is -0.121. The number of carbonyl (C=O) groups is 1. The first-order chi connectivity index (χ1) is 13.0. The van der Waals surface area contributed by atoms with E-state index in [2.05, 4.69) is 25.8 Å². The third kappa shape index (κ3) is 4.57. The Morgan fingerprint density at radius 3 is 2.59 bits per heavy atom. The number of anilines is 1. The number of hydrogen-bond acceptors (Lipinski definition) is 6. The molecule has 2 N–H and O–H groups in total. The van der Waals surface area contributed by atoms with Crippen molar-refractivity contribution in [3.63, 3.8) is 0 Å². The molecule has 0 aliphatic rings. The van der Waals surface area contributed by atoms with Gasteiger partial charge in [-0.15, -0.1) is 10.2 Å². The van der Waals surface area contributed by atoms with Gasteiger partial charge in [0.2, 0.25) is 5.91 Å². The van der Waals surface area contributed by atoms with Gasteiger partial charge < -0.3 is 15.2 Å². The predicted molar refractivity (Wildman–Crippen MR) is 101 cm³/mol. The fraction of sp³-hybridized carbons (Fsp3) is 0.278. The van der Waals surface area contributed by atoms with E-state index in [1.54, 1.807) is 13.8 Å². The highest BCUT2D eigenvalue weighted by atomic mass is 16.2. The summed E-state index contributed by atoms with van der Waals surface area (Å²) >= 11 is 0. The summed E-state index contributed by atoms with van der Waals surface area (Å²) in [5.74, 6) is 1.10. The van der Waals surface area contributed by atoms with E-state index in [1.807, 2.05) is 41.2 Å². The highest BCUT2D eigenvalue weighted by molar-refractivity contribution is 5.75. The summed E-state index contributed by atoms with van der Waals surface area (Å²) in [6.07, 6.45) is 5.18. The molecule has 9 nitrogen and oxygen atoms in total. The lowest BCUT2D eigenvalue weighted by Gasteiger charge is -2.09. The Balaban J connectivity index is 1.44. The quantitative estimate of drug-likeness (QED) is 0.595. The van der Waals surface area contributed by atoms with E-state index in [1.165, 1.54) is 10.9 Å². The standard InChI is InChI=1S/C18H21N7O2/c1-13-14(2)21-12-25(18(13)27)11-17(26)20-8-7-19-15-5-6-16(23-22-15)24-9-3-4-10-24/h3-6,9-10,12H,7-8,11H2,1-2H3,(H,19,22)(H,20,26). The third-order valence-electron chi connectivity index (χ3n) is 4.10. The maximum absolute atomic E-state index is 12.1. The van der Waals surface area contributed by atoms with E-state index in [0.29, 0.717) is 30.2 Å². The van der Waals surface area contributed by atoms with Crippen LogP contribution in [-0.2, 0) is 11.3 Å². The molecule has 3 rings (SSSR count). The summed E-state index contributed by atoms with van der Waals surface area (Å²) in [5.41, 5.74) is 1.02. The summed E-state index contributed by atoms with van der Waals surface area (Å²) in [6, 6.07) is 7.51. The number of aryl methyl sites for hydroxylation is 1. The van der Waals surface area contributed by atoms with Crippen molar-refractivity contribution in [2.45, 2.75) is 20.4 Å². The zero-order valence-electron chi connectivity index (χ0n) is 15.2. The largest absolute Gasteiger partial charge is 0.367 e. The van der Waals surface area contributed by atoms with E-state index >= 15 is 0 Å². The molecule has 0 aromatic carbocycles. The highest BCUT2D eigenvalue weighted by Gasteiger charge is 2.08. The molecule has 27 heavy (non-hydrogen) atoms. The number of nitrogens with zero attached hydrogens (tertiary/aromatic N) is 5. The molecule has 140 valence electrons. The van der Waals surface area contributed by atoms with Gasteiger partial charge in [-0.05, 0) is 38.1 Å². The van der Waals surface area contributed by atoms with E-state index in [9.17, 15) is 9.59 Å². The fourth-order valence-corrected chi connectivity index (χ4v) is 2.44. The van der Waals surface area contributed by atoms with Gasteiger partial charge in [-0.3, -0.25) is 14.2 Å². The molecule has 0 spiro atoms. The molecule has 0 atom stereocenters. The van der Waals surface area contributed by atoms with Crippen molar-refractivity contribution < 1.29 is 4.79 Å². The molecule has 0 radical (unpaired) electrons. The summed E-state index contributed by atoms with van der Waals surface area (Å²) in [7, 11) is 0. The minimum Gasteiger partial charge on any atom is -0.367 e. The Morgan fingerprint density at radius 2 is 1.89 bits per heavy atom. The van der Waals surface area contributed by atoms with Gasteiger partial charge in [-0.2, -0.15) is 0 Å². The smallest absolute Gasteiger partial charge is 0.256 e. The molecule has 0 unspecified atom stereocenters. The number of rotatable bonds is 7. The topological polar surface area (TPSA) is 107 Å².